The molecule has 0 bridgehead atoms. The summed E-state index contributed by atoms with van der Waals surface area (Å²) in [7, 11) is -4.67. The van der Waals surface area contributed by atoms with Crippen molar-refractivity contribution in [2.45, 2.75) is 84.2 Å². The Balaban J connectivity index is -0.000000333. The van der Waals surface area contributed by atoms with Crippen LogP contribution in [0.4, 0.5) is 48.3 Å². The number of amides is 1. The molecule has 34 heteroatoms. The average molecular weight is 2120 g/mol. The minimum Gasteiger partial charge on any atom is -1.00 e. The molecule has 0 saturated carbocycles. The number of allylic oxidation sites excluding steroid dienone is 2. The molecule has 0 aromatic heterocycles. The van der Waals surface area contributed by atoms with Crippen molar-refractivity contribution in [2.75, 3.05) is 17.6 Å². The number of nitrogens with zero attached hydrogens (tertiary/aromatic N) is 3. The molecule has 125 heavy (non-hydrogen) atoms. The summed E-state index contributed by atoms with van der Waals surface area (Å²) in [4.78, 5) is 20.9. The molecule has 0 saturated heterocycles. The Labute approximate surface area is 836 Å². The van der Waals surface area contributed by atoms with E-state index in [4.69, 9.17) is 97.3 Å². The van der Waals surface area contributed by atoms with Gasteiger partial charge in [0.1, 0.15) is 75.4 Å². The molecule has 0 spiro atoms. The van der Waals surface area contributed by atoms with Gasteiger partial charge in [0.25, 0.3) is 0 Å². The van der Waals surface area contributed by atoms with E-state index in [1.807, 2.05) is 6.07 Å². The van der Waals surface area contributed by atoms with Crippen LogP contribution in [-0.2, 0) is 25.6 Å². The number of carbonyl (C=O) groups excluding carboxylic acids is 2. The largest absolute Gasteiger partial charge is 2.00 e. The molecule has 659 valence electrons. The molecule has 0 heterocycles. The molecule has 0 unspecified atom stereocenters. The van der Waals surface area contributed by atoms with Crippen LogP contribution in [0.3, 0.4) is 0 Å². The molecule has 11 rings (SSSR count). The number of ketones is 1. The maximum atomic E-state index is 13.4. The summed E-state index contributed by atoms with van der Waals surface area (Å²) in [5.74, 6) is -3.66. The number of halogens is 19. The summed E-state index contributed by atoms with van der Waals surface area (Å²) >= 11 is 17.5. The topological polar surface area (TPSA) is 226 Å². The smallest absolute Gasteiger partial charge is 1.00 e. The van der Waals surface area contributed by atoms with Gasteiger partial charge in [0, 0.05) is 53.2 Å². The quantitative estimate of drug-likeness (QED) is 0.0175. The zero-order valence-corrected chi connectivity index (χ0v) is 80.9. The number of benzene rings is 11. The predicted molar refractivity (Wildman–Crippen MR) is 480 cm³/mol. The van der Waals surface area contributed by atoms with Crippen molar-refractivity contribution in [1.29, 1.82) is 15.8 Å². The SMILES string of the molecule is C.C.CC(=O)CCCl.Cl.Fc1cccc(Br)c1.Fc1cccc(C(=CCCl)c2cccc(F)c2)c1.N#CCC=C(c1cccc(F)c1)c1cccc(F)c1.N#CCCC(c1cccc(F)c1)c1cccc(F)c1.NC(=O)CCC(c1cccc(F)c1)c1cccc(F)c1.O=S(=O)(O)O.OC(CCCl)(c1cccc(F)c1)c1cccc(F)c1.[C-]#N.[Cl][Ce]([Cl])[Cl].[H-].[H-].[K+].[Mg+2]. The molecule has 5 N–H and O–H groups in total. The van der Waals surface area contributed by atoms with Crippen LogP contribution in [0.5, 0.6) is 0 Å². The molecule has 0 aliphatic carbocycles. The molecular weight excluding hydrogens is 2030 g/mol. The first kappa shape index (κ1) is 125. The third kappa shape index (κ3) is 54.2. The zero-order chi connectivity index (χ0) is 89.8. The van der Waals surface area contributed by atoms with Gasteiger partial charge in [-0.25, -0.2) is 48.3 Å². The average Bonchev–Trinajstić information content (AvgIpc) is 0.788. The van der Waals surface area contributed by atoms with Gasteiger partial charge in [-0.3, -0.25) is 18.7 Å². The Bertz CT molecular complexity index is 5070. The molecule has 0 atom stereocenters. The van der Waals surface area contributed by atoms with Crippen LogP contribution in [0.25, 0.3) is 11.1 Å². The first-order valence-electron chi connectivity index (χ1n) is 35.1. The number of nitriles is 2. The summed E-state index contributed by atoms with van der Waals surface area (Å²) in [6, 6.07) is 70.7. The van der Waals surface area contributed by atoms with Gasteiger partial charge in [-0.05, 0) is 232 Å². The molecule has 0 aliphatic rings. The van der Waals surface area contributed by atoms with E-state index in [-0.39, 0.29) is 206 Å². The van der Waals surface area contributed by atoms with Crippen LogP contribution in [0.1, 0.15) is 137 Å². The number of aliphatic hydroxyl groups is 1. The third-order valence-electron chi connectivity index (χ3n) is 15.7. The Kier molecular flexibility index (Phi) is 70.8. The van der Waals surface area contributed by atoms with Gasteiger partial charge < -0.3 is 25.5 Å². The predicted octanol–water partition coefficient (Wildman–Crippen LogP) is 24.4. The molecule has 0 aliphatic heterocycles. The number of primary amides is 1. The van der Waals surface area contributed by atoms with Crippen molar-refractivity contribution >= 4 is 136 Å². The summed E-state index contributed by atoms with van der Waals surface area (Å²) in [6.45, 7) is 6.28. The van der Waals surface area contributed by atoms with E-state index in [9.17, 15) is 63.0 Å². The van der Waals surface area contributed by atoms with E-state index in [0.29, 0.717) is 81.6 Å². The van der Waals surface area contributed by atoms with Crippen molar-refractivity contribution in [3.8, 4) is 12.1 Å². The fraction of sp³-hybridized carbons (Fsp3) is 0.176. The first-order chi connectivity index (χ1) is 57.0. The fourth-order valence-corrected chi connectivity index (χ4v) is 11.8. The van der Waals surface area contributed by atoms with E-state index >= 15 is 0 Å². The van der Waals surface area contributed by atoms with Gasteiger partial charge in [-0.15, -0.1) is 47.2 Å². The van der Waals surface area contributed by atoms with Crippen LogP contribution >= 0.6 is 80.0 Å². The second kappa shape index (κ2) is 70.7. The number of hydrogen-bond donors (Lipinski definition) is 4. The van der Waals surface area contributed by atoms with Crippen molar-refractivity contribution in [2.24, 2.45) is 5.73 Å². The van der Waals surface area contributed by atoms with Crippen molar-refractivity contribution in [3.63, 3.8) is 0 Å². The Hall–Kier alpha value is -6.14. The fourth-order valence-electron chi connectivity index (χ4n) is 10.8. The number of alkyl halides is 3. The zero-order valence-electron chi connectivity index (χ0n) is 67.5. The molecular formula is C91H87BrCeCl7F11KMgN4O7S. The van der Waals surface area contributed by atoms with E-state index in [1.165, 1.54) is 153 Å². The summed E-state index contributed by atoms with van der Waals surface area (Å²) in [6.07, 6.45) is 5.74. The number of hydrogen-bond acceptors (Lipinski definition) is 8. The maximum Gasteiger partial charge on any atom is 2.00 e. The Morgan fingerprint density at radius 3 is 0.976 bits per heavy atom. The number of nitrogens with two attached hydrogens (primary N) is 1. The van der Waals surface area contributed by atoms with Crippen molar-refractivity contribution < 1.29 is 165 Å². The number of Topliss-reactive ketones (excluding diaryl/α,β-unsaturated/α-hetero) is 1. The monoisotopic (exact) mass is 2120 g/mol. The molecule has 11 aromatic carbocycles. The van der Waals surface area contributed by atoms with Crippen LogP contribution in [0.15, 0.2) is 284 Å². The number of carbonyl (C=O) groups is 2. The summed E-state index contributed by atoms with van der Waals surface area (Å²) < 4.78 is 177. The standard InChI is InChI=1S/C16H15F2NO.C16H13F2N.C16H11F2N.C15H13ClF2O.C15H11ClF2.C6H4BrF.C4H7ClO.CN.2CH4.Ce.4ClH.K.Mg.H2O4S.2H/c17-13-5-1-3-11(9-13)15(7-8-16(19)20)12-4-2-6-14(18)10-12;2*17-14-6-1-4-12(10-14)16(8-3-9-19)13-5-2-7-15(18)11-13;16-8-7-15(19,11-3-1-5-13(17)9-11)12-4-2-6-14(18)10-12;16-8-7-15(11-3-1-5-13(17)9-11)12-4-2-6-14(18)10-12;7-5-2-1-3-6(8)4-5;1-4(6)2-3-5;1-2;;;;;;;;;;1-5(2,3)4;;/h1-6,9-10,15H,7-8H2,(H2,19,20);1-2,4-7,10-11,16H,3,8H2;1-2,4-8,10-11H,3H2;1-6,9-10,19H,7-8H2;1-7,9-10H,8H2;1-4H;2-3H2,1H3;;2*1H4;;4*1H;;;(H2,1,2,3,4);;/q;;;;;;;-1;;;+3;;;;;+1;+2;;2*-1/p-3. The first-order valence-corrected chi connectivity index (χ1v) is 50.7. The van der Waals surface area contributed by atoms with Gasteiger partial charge >= 0.3 is 132 Å². The van der Waals surface area contributed by atoms with Crippen LogP contribution in [0.2, 0.25) is 0 Å². The molecule has 11 aromatic rings. The number of rotatable bonds is 21. The van der Waals surface area contributed by atoms with E-state index < -0.39 is 64.2 Å². The van der Waals surface area contributed by atoms with Crippen LogP contribution in [-0.4, -0.2) is 75.0 Å². The minimum atomic E-state index is -4.67. The molecule has 0 radical (unpaired) electrons. The third-order valence-corrected chi connectivity index (χ3v) is 16.8. The van der Waals surface area contributed by atoms with E-state index in [1.54, 1.807) is 133 Å². The van der Waals surface area contributed by atoms with Gasteiger partial charge in [0.05, 0.1) is 18.6 Å². The minimum absolute atomic E-state index is 0. The molecule has 1 amide bonds. The Morgan fingerprint density at radius 2 is 0.752 bits per heavy atom. The van der Waals surface area contributed by atoms with Crippen LogP contribution in [0, 0.1) is 129 Å². The van der Waals surface area contributed by atoms with E-state index in [0.717, 1.165) is 21.2 Å². The van der Waals surface area contributed by atoms with E-state index in [2.05, 4.69) is 22.0 Å². The van der Waals surface area contributed by atoms with Crippen molar-refractivity contribution in [1.82, 2.24) is 0 Å². The van der Waals surface area contributed by atoms with Gasteiger partial charge in [-0.1, -0.05) is 170 Å². The summed E-state index contributed by atoms with van der Waals surface area (Å²) in [5.41, 5.74) is 26.4. The Morgan fingerprint density at radius 1 is 0.480 bits per heavy atom. The van der Waals surface area contributed by atoms with Crippen LogP contribution < -0.4 is 57.1 Å². The maximum absolute atomic E-state index is 13.4. The van der Waals surface area contributed by atoms with Gasteiger partial charge in [0.2, 0.25) is 5.91 Å². The molecule has 11 nitrogen and oxygen atoms in total. The second-order valence-corrected chi connectivity index (χ2v) is 41.1. The van der Waals surface area contributed by atoms with Gasteiger partial charge in [0.15, 0.2) is 0 Å². The van der Waals surface area contributed by atoms with Crippen molar-refractivity contribution in [3.05, 3.63) is 410 Å². The second-order valence-electron chi connectivity index (χ2n) is 24.4. The normalized spacial score (nSPS) is 9.70. The van der Waals surface area contributed by atoms with Gasteiger partial charge in [-0.2, -0.15) is 18.9 Å². The molecule has 0 fully saturated rings. The summed E-state index contributed by atoms with van der Waals surface area (Å²) in [5, 5.41) is 34.4.